The molecule has 1 aromatic heterocycles. The van der Waals surface area contributed by atoms with E-state index in [0.29, 0.717) is 5.75 Å². The number of nitrogens with one attached hydrogen (secondary N) is 1. The molecular formula is C21H29N3O2S. The molecule has 2 heterocycles. The number of hydrogen-bond donors (Lipinski definition) is 1. The highest BCUT2D eigenvalue weighted by Gasteiger charge is 2.15. The summed E-state index contributed by atoms with van der Waals surface area (Å²) in [5.74, 6) is 2.86. The van der Waals surface area contributed by atoms with E-state index in [-0.39, 0.29) is 5.91 Å². The first kappa shape index (κ1) is 20.0. The lowest BCUT2D eigenvalue weighted by molar-refractivity contribution is -0.113. The molecule has 0 aliphatic carbocycles. The average molecular weight is 388 g/mol. The first-order valence-corrected chi connectivity index (χ1v) is 10.8. The van der Waals surface area contributed by atoms with Gasteiger partial charge in [-0.1, -0.05) is 24.2 Å². The molecule has 1 aliphatic heterocycles. The van der Waals surface area contributed by atoms with Gasteiger partial charge in [0.1, 0.15) is 5.76 Å². The number of hydrogen-bond acceptors (Lipinski definition) is 5. The Morgan fingerprint density at radius 3 is 2.59 bits per heavy atom. The SMILES string of the molecule is Cc1noc(C)c1CSCC(=O)Nc1ccc(CN2CCC(C)CC2)cc1. The highest BCUT2D eigenvalue weighted by Crippen LogP contribution is 2.21. The quantitative estimate of drug-likeness (QED) is 0.763. The second kappa shape index (κ2) is 9.42. The molecule has 146 valence electrons. The third-order valence-electron chi connectivity index (χ3n) is 5.18. The number of aryl methyl sites for hydroxylation is 2. The van der Waals surface area contributed by atoms with E-state index in [1.807, 2.05) is 26.0 Å². The van der Waals surface area contributed by atoms with Crippen molar-refractivity contribution in [1.82, 2.24) is 10.1 Å². The first-order chi connectivity index (χ1) is 13.0. The molecule has 5 nitrogen and oxygen atoms in total. The van der Waals surface area contributed by atoms with Crippen molar-refractivity contribution in [2.24, 2.45) is 5.92 Å². The van der Waals surface area contributed by atoms with Crippen LogP contribution >= 0.6 is 11.8 Å². The molecule has 6 heteroatoms. The summed E-state index contributed by atoms with van der Waals surface area (Å²) >= 11 is 1.57. The minimum absolute atomic E-state index is 0.0181. The van der Waals surface area contributed by atoms with Gasteiger partial charge in [0.25, 0.3) is 0 Å². The molecule has 0 atom stereocenters. The van der Waals surface area contributed by atoms with Crippen LogP contribution in [-0.2, 0) is 17.1 Å². The number of benzene rings is 1. The zero-order chi connectivity index (χ0) is 19.2. The molecule has 27 heavy (non-hydrogen) atoms. The van der Waals surface area contributed by atoms with Crippen molar-refractivity contribution in [2.45, 2.75) is 45.9 Å². The van der Waals surface area contributed by atoms with E-state index in [9.17, 15) is 4.79 Å². The van der Waals surface area contributed by atoms with E-state index in [2.05, 4.69) is 34.4 Å². The van der Waals surface area contributed by atoms with E-state index < -0.39 is 0 Å². The smallest absolute Gasteiger partial charge is 0.234 e. The maximum atomic E-state index is 12.2. The number of carbonyl (C=O) groups excluding carboxylic acids is 1. The number of aromatic nitrogens is 1. The van der Waals surface area contributed by atoms with Crippen LogP contribution in [0.4, 0.5) is 5.69 Å². The van der Waals surface area contributed by atoms with Gasteiger partial charge in [-0.15, -0.1) is 11.8 Å². The Morgan fingerprint density at radius 2 is 1.96 bits per heavy atom. The van der Waals surface area contributed by atoms with Crippen LogP contribution in [0.2, 0.25) is 0 Å². The maximum Gasteiger partial charge on any atom is 0.234 e. The predicted octanol–water partition coefficient (Wildman–Crippen LogP) is 4.40. The minimum atomic E-state index is 0.0181. The van der Waals surface area contributed by atoms with E-state index in [1.165, 1.54) is 31.5 Å². The van der Waals surface area contributed by atoms with Crippen LogP contribution in [0, 0.1) is 19.8 Å². The number of amides is 1. The van der Waals surface area contributed by atoms with Crippen molar-refractivity contribution < 1.29 is 9.32 Å². The molecule has 1 saturated heterocycles. The summed E-state index contributed by atoms with van der Waals surface area (Å²) in [6.45, 7) is 9.53. The van der Waals surface area contributed by atoms with Gasteiger partial charge < -0.3 is 9.84 Å². The van der Waals surface area contributed by atoms with Gasteiger partial charge >= 0.3 is 0 Å². The molecule has 2 aromatic rings. The number of anilines is 1. The third-order valence-corrected chi connectivity index (χ3v) is 6.14. The van der Waals surface area contributed by atoms with E-state index >= 15 is 0 Å². The van der Waals surface area contributed by atoms with Crippen LogP contribution in [0.5, 0.6) is 0 Å². The van der Waals surface area contributed by atoms with Crippen LogP contribution < -0.4 is 5.32 Å². The van der Waals surface area contributed by atoms with Crippen LogP contribution in [0.3, 0.4) is 0 Å². The molecule has 0 spiro atoms. The molecule has 1 fully saturated rings. The van der Waals surface area contributed by atoms with Crippen molar-refractivity contribution in [3.8, 4) is 0 Å². The van der Waals surface area contributed by atoms with Crippen molar-refractivity contribution in [3.05, 3.63) is 46.8 Å². The topological polar surface area (TPSA) is 58.4 Å². The number of likely N-dealkylation sites (tertiary alicyclic amines) is 1. The fourth-order valence-electron chi connectivity index (χ4n) is 3.32. The summed E-state index contributed by atoms with van der Waals surface area (Å²) < 4.78 is 5.15. The van der Waals surface area contributed by atoms with Crippen LogP contribution in [0.25, 0.3) is 0 Å². The molecule has 0 bridgehead atoms. The Kier molecular flexibility index (Phi) is 6.96. The Balaban J connectivity index is 1.41. The summed E-state index contributed by atoms with van der Waals surface area (Å²) in [6.07, 6.45) is 2.58. The third kappa shape index (κ3) is 5.84. The summed E-state index contributed by atoms with van der Waals surface area (Å²) in [4.78, 5) is 14.7. The Morgan fingerprint density at radius 1 is 1.26 bits per heavy atom. The fourth-order valence-corrected chi connectivity index (χ4v) is 4.30. The summed E-state index contributed by atoms with van der Waals surface area (Å²) in [5, 5.41) is 6.92. The average Bonchev–Trinajstić information content (AvgIpc) is 2.97. The molecule has 1 amide bonds. The van der Waals surface area contributed by atoms with E-state index in [0.717, 1.165) is 40.9 Å². The maximum absolute atomic E-state index is 12.2. The molecule has 1 N–H and O–H groups in total. The second-order valence-corrected chi connectivity index (χ2v) is 8.48. The predicted molar refractivity (Wildman–Crippen MR) is 111 cm³/mol. The molecular weight excluding hydrogens is 358 g/mol. The molecule has 0 unspecified atom stereocenters. The Labute approximate surface area is 165 Å². The lowest BCUT2D eigenvalue weighted by atomic mass is 9.99. The molecule has 0 radical (unpaired) electrons. The number of rotatable bonds is 7. The summed E-state index contributed by atoms with van der Waals surface area (Å²) in [7, 11) is 0. The van der Waals surface area contributed by atoms with Crippen LogP contribution in [-0.4, -0.2) is 34.8 Å². The van der Waals surface area contributed by atoms with Crippen molar-refractivity contribution in [2.75, 3.05) is 24.2 Å². The van der Waals surface area contributed by atoms with Crippen LogP contribution in [0.15, 0.2) is 28.8 Å². The largest absolute Gasteiger partial charge is 0.361 e. The number of carbonyl (C=O) groups is 1. The standard InChI is InChI=1S/C21H29N3O2S/c1-15-8-10-24(11-9-15)12-18-4-6-19(7-5-18)22-21(25)14-27-13-20-16(2)23-26-17(20)3/h4-7,15H,8-14H2,1-3H3,(H,22,25). The second-order valence-electron chi connectivity index (χ2n) is 7.50. The van der Waals surface area contributed by atoms with Crippen LogP contribution in [0.1, 0.15) is 42.3 Å². The van der Waals surface area contributed by atoms with Crippen molar-refractivity contribution in [1.29, 1.82) is 0 Å². The molecule has 1 aliphatic rings. The summed E-state index contributed by atoms with van der Waals surface area (Å²) in [5.41, 5.74) is 4.15. The number of thioether (sulfide) groups is 1. The van der Waals surface area contributed by atoms with Gasteiger partial charge in [-0.2, -0.15) is 0 Å². The number of nitrogens with zero attached hydrogens (tertiary/aromatic N) is 2. The van der Waals surface area contributed by atoms with Crippen molar-refractivity contribution >= 4 is 23.4 Å². The lowest BCUT2D eigenvalue weighted by Gasteiger charge is -2.30. The number of piperidine rings is 1. The first-order valence-electron chi connectivity index (χ1n) is 9.62. The fraction of sp³-hybridized carbons (Fsp3) is 0.524. The van der Waals surface area contributed by atoms with Gasteiger partial charge in [0, 0.05) is 23.5 Å². The van der Waals surface area contributed by atoms with E-state index in [4.69, 9.17) is 4.52 Å². The van der Waals surface area contributed by atoms with Gasteiger partial charge in [0.2, 0.25) is 5.91 Å². The molecule has 3 rings (SSSR count). The van der Waals surface area contributed by atoms with E-state index in [1.54, 1.807) is 11.8 Å². The zero-order valence-electron chi connectivity index (χ0n) is 16.5. The summed E-state index contributed by atoms with van der Waals surface area (Å²) in [6, 6.07) is 8.23. The molecule has 0 saturated carbocycles. The zero-order valence-corrected chi connectivity index (χ0v) is 17.3. The molecule has 1 aromatic carbocycles. The van der Waals surface area contributed by atoms with Gasteiger partial charge in [-0.3, -0.25) is 9.69 Å². The Bertz CT molecular complexity index is 730. The Hall–Kier alpha value is -1.79. The van der Waals surface area contributed by atoms with Gasteiger partial charge in [-0.05, 0) is 63.4 Å². The van der Waals surface area contributed by atoms with Gasteiger partial charge in [0.05, 0.1) is 11.4 Å². The monoisotopic (exact) mass is 387 g/mol. The highest BCUT2D eigenvalue weighted by molar-refractivity contribution is 7.99. The van der Waals surface area contributed by atoms with Gasteiger partial charge in [0.15, 0.2) is 0 Å². The normalized spacial score (nSPS) is 15.8. The van der Waals surface area contributed by atoms with Crippen molar-refractivity contribution in [3.63, 3.8) is 0 Å². The van der Waals surface area contributed by atoms with Gasteiger partial charge in [-0.25, -0.2) is 0 Å². The minimum Gasteiger partial charge on any atom is -0.361 e. The highest BCUT2D eigenvalue weighted by atomic mass is 32.2. The lowest BCUT2D eigenvalue weighted by Crippen LogP contribution is -2.32.